The van der Waals surface area contributed by atoms with E-state index in [0.717, 1.165) is 44.3 Å². The zero-order valence-corrected chi connectivity index (χ0v) is 17.9. The molecule has 1 aromatic carbocycles. The number of piperidine rings is 1. The maximum absolute atomic E-state index is 13.1. The van der Waals surface area contributed by atoms with Crippen LogP contribution in [0.1, 0.15) is 42.5 Å². The fourth-order valence-electron chi connectivity index (χ4n) is 5.46. The van der Waals surface area contributed by atoms with Crippen molar-refractivity contribution >= 4 is 5.91 Å². The van der Waals surface area contributed by atoms with E-state index in [1.54, 1.807) is 17.8 Å². The van der Waals surface area contributed by atoms with Crippen molar-refractivity contribution < 1.29 is 9.90 Å². The SMILES string of the molecule is CNC(=O)c1cn(CC2(O)CCN(C)CC23CCCC3)c(=O)cc1-c1ccccc1. The van der Waals surface area contributed by atoms with Gasteiger partial charge in [0.05, 0.1) is 17.7 Å². The first-order chi connectivity index (χ1) is 14.4. The van der Waals surface area contributed by atoms with Gasteiger partial charge in [-0.15, -0.1) is 0 Å². The number of carbonyl (C=O) groups is 1. The van der Waals surface area contributed by atoms with E-state index < -0.39 is 5.60 Å². The van der Waals surface area contributed by atoms with Crippen molar-refractivity contribution in [3.8, 4) is 11.1 Å². The molecule has 6 heteroatoms. The summed E-state index contributed by atoms with van der Waals surface area (Å²) < 4.78 is 1.54. The number of nitrogens with one attached hydrogen (secondary N) is 1. The van der Waals surface area contributed by atoms with E-state index in [-0.39, 0.29) is 23.4 Å². The number of nitrogens with zero attached hydrogens (tertiary/aromatic N) is 2. The van der Waals surface area contributed by atoms with Gasteiger partial charge in [0, 0.05) is 43.4 Å². The van der Waals surface area contributed by atoms with Gasteiger partial charge in [0.15, 0.2) is 0 Å². The molecule has 30 heavy (non-hydrogen) atoms. The number of amides is 1. The first-order valence-electron chi connectivity index (χ1n) is 10.8. The third-order valence-electron chi connectivity index (χ3n) is 7.14. The van der Waals surface area contributed by atoms with E-state index in [4.69, 9.17) is 0 Å². The smallest absolute Gasteiger partial charge is 0.253 e. The molecule has 6 nitrogen and oxygen atoms in total. The molecule has 1 aliphatic carbocycles. The Bertz CT molecular complexity index is 979. The number of hydrogen-bond donors (Lipinski definition) is 2. The van der Waals surface area contributed by atoms with Crippen molar-refractivity contribution in [1.82, 2.24) is 14.8 Å². The Morgan fingerprint density at radius 1 is 1.17 bits per heavy atom. The first-order valence-corrected chi connectivity index (χ1v) is 10.8. The van der Waals surface area contributed by atoms with Crippen LogP contribution in [0.4, 0.5) is 0 Å². The minimum absolute atomic E-state index is 0.190. The van der Waals surface area contributed by atoms with Gasteiger partial charge in [-0.25, -0.2) is 0 Å². The Hall–Kier alpha value is -2.44. The molecule has 1 saturated carbocycles. The molecule has 1 amide bonds. The lowest BCUT2D eigenvalue weighted by Crippen LogP contribution is -2.60. The topological polar surface area (TPSA) is 74.6 Å². The van der Waals surface area contributed by atoms with Crippen molar-refractivity contribution in [2.75, 3.05) is 27.2 Å². The molecule has 0 bridgehead atoms. The van der Waals surface area contributed by atoms with Crippen molar-refractivity contribution in [2.45, 2.75) is 44.2 Å². The molecule has 1 aromatic heterocycles. The largest absolute Gasteiger partial charge is 0.387 e. The summed E-state index contributed by atoms with van der Waals surface area (Å²) >= 11 is 0. The summed E-state index contributed by atoms with van der Waals surface area (Å²) in [5, 5.41) is 14.5. The van der Waals surface area contributed by atoms with Crippen molar-refractivity contribution in [1.29, 1.82) is 0 Å². The number of hydrogen-bond acceptors (Lipinski definition) is 4. The van der Waals surface area contributed by atoms with Gasteiger partial charge >= 0.3 is 0 Å². The maximum atomic E-state index is 13.1. The van der Waals surface area contributed by atoms with Crippen LogP contribution >= 0.6 is 0 Å². The van der Waals surface area contributed by atoms with E-state index in [9.17, 15) is 14.7 Å². The second-order valence-electron chi connectivity index (χ2n) is 9.02. The highest BCUT2D eigenvalue weighted by Gasteiger charge is 2.54. The number of aromatic nitrogens is 1. The second kappa shape index (κ2) is 8.00. The monoisotopic (exact) mass is 409 g/mol. The van der Waals surface area contributed by atoms with Crippen LogP contribution in [0.25, 0.3) is 11.1 Å². The second-order valence-corrected chi connectivity index (χ2v) is 9.02. The van der Waals surface area contributed by atoms with Gasteiger partial charge in [-0.2, -0.15) is 0 Å². The van der Waals surface area contributed by atoms with E-state index in [0.29, 0.717) is 17.5 Å². The highest BCUT2D eigenvalue weighted by molar-refractivity contribution is 6.00. The van der Waals surface area contributed by atoms with Crippen LogP contribution < -0.4 is 10.9 Å². The lowest BCUT2D eigenvalue weighted by atomic mass is 9.66. The quantitative estimate of drug-likeness (QED) is 0.814. The molecule has 1 atom stereocenters. The summed E-state index contributed by atoms with van der Waals surface area (Å²) in [6.45, 7) is 1.87. The number of aliphatic hydroxyl groups is 1. The minimum Gasteiger partial charge on any atom is -0.387 e. The van der Waals surface area contributed by atoms with Crippen LogP contribution in [0.5, 0.6) is 0 Å². The fourth-order valence-corrected chi connectivity index (χ4v) is 5.46. The van der Waals surface area contributed by atoms with Crippen molar-refractivity contribution in [2.24, 2.45) is 5.41 Å². The highest BCUT2D eigenvalue weighted by atomic mass is 16.3. The average Bonchev–Trinajstić information content (AvgIpc) is 3.22. The zero-order valence-electron chi connectivity index (χ0n) is 17.9. The molecule has 2 aromatic rings. The molecule has 2 heterocycles. The minimum atomic E-state index is -0.950. The predicted molar refractivity (Wildman–Crippen MR) is 117 cm³/mol. The Kier molecular flexibility index (Phi) is 5.55. The Labute approximate surface area is 177 Å². The van der Waals surface area contributed by atoms with E-state index in [2.05, 4.69) is 17.3 Å². The Morgan fingerprint density at radius 3 is 2.53 bits per heavy atom. The highest BCUT2D eigenvalue weighted by Crippen LogP contribution is 2.51. The summed E-state index contributed by atoms with van der Waals surface area (Å²) in [6.07, 6.45) is 6.44. The van der Waals surface area contributed by atoms with Crippen LogP contribution in [0.15, 0.2) is 47.4 Å². The molecule has 2 N–H and O–H groups in total. The van der Waals surface area contributed by atoms with Gasteiger partial charge in [-0.1, -0.05) is 43.2 Å². The first kappa shape index (κ1) is 20.8. The molecule has 2 aliphatic rings. The molecule has 4 rings (SSSR count). The average molecular weight is 410 g/mol. The van der Waals surface area contributed by atoms with Crippen molar-refractivity contribution in [3.05, 3.63) is 58.5 Å². The number of benzene rings is 1. The Morgan fingerprint density at radius 2 is 1.87 bits per heavy atom. The lowest BCUT2D eigenvalue weighted by Gasteiger charge is -2.51. The maximum Gasteiger partial charge on any atom is 0.253 e. The van der Waals surface area contributed by atoms with Crippen LogP contribution in [-0.2, 0) is 6.54 Å². The Balaban J connectivity index is 1.76. The fraction of sp³-hybridized carbons (Fsp3) is 0.500. The van der Waals surface area contributed by atoms with Crippen molar-refractivity contribution in [3.63, 3.8) is 0 Å². The van der Waals surface area contributed by atoms with Gasteiger partial charge in [-0.3, -0.25) is 9.59 Å². The van der Waals surface area contributed by atoms with E-state index >= 15 is 0 Å². The molecule has 1 spiro atoms. The molecule has 0 radical (unpaired) electrons. The van der Waals surface area contributed by atoms with Crippen LogP contribution in [0, 0.1) is 5.41 Å². The molecule has 1 aliphatic heterocycles. The third kappa shape index (κ3) is 3.59. The van der Waals surface area contributed by atoms with Crippen LogP contribution in [-0.4, -0.2) is 53.3 Å². The molecule has 160 valence electrons. The summed E-state index contributed by atoms with van der Waals surface area (Å²) in [5.41, 5.74) is 0.550. The number of carbonyl (C=O) groups excluding carboxylic acids is 1. The number of likely N-dealkylation sites (tertiary alicyclic amines) is 1. The molecule has 1 unspecified atom stereocenters. The molecule has 2 fully saturated rings. The standard InChI is InChI=1S/C24H31N3O3/c1-25-22(29)20-15-27(21(28)14-19(20)18-8-4-3-5-9-18)17-24(30)12-13-26(2)16-23(24)10-6-7-11-23/h3-5,8-9,14-15,30H,6-7,10-13,16-17H2,1-2H3,(H,25,29). The lowest BCUT2D eigenvalue weighted by molar-refractivity contribution is -0.139. The molecular formula is C24H31N3O3. The summed E-state index contributed by atoms with van der Waals surface area (Å²) in [7, 11) is 3.69. The van der Waals surface area contributed by atoms with Gasteiger partial charge in [0.1, 0.15) is 0 Å². The number of rotatable bonds is 4. The predicted octanol–water partition coefficient (Wildman–Crippen LogP) is 2.50. The molecule has 1 saturated heterocycles. The van der Waals surface area contributed by atoms with Gasteiger partial charge in [0.25, 0.3) is 11.5 Å². The number of pyridine rings is 1. The van der Waals surface area contributed by atoms with Gasteiger partial charge < -0.3 is 19.9 Å². The van der Waals surface area contributed by atoms with Gasteiger partial charge in [-0.05, 0) is 31.9 Å². The van der Waals surface area contributed by atoms with Gasteiger partial charge in [0.2, 0.25) is 0 Å². The summed E-state index contributed by atoms with van der Waals surface area (Å²) in [6, 6.07) is 11.0. The summed E-state index contributed by atoms with van der Waals surface area (Å²) in [5.74, 6) is -0.242. The normalized spacial score (nSPS) is 23.6. The zero-order chi connectivity index (χ0) is 21.4. The van der Waals surface area contributed by atoms with E-state index in [1.807, 2.05) is 30.3 Å². The third-order valence-corrected chi connectivity index (χ3v) is 7.14. The van der Waals surface area contributed by atoms with Crippen LogP contribution in [0.3, 0.4) is 0 Å². The van der Waals surface area contributed by atoms with Crippen LogP contribution in [0.2, 0.25) is 0 Å². The summed E-state index contributed by atoms with van der Waals surface area (Å²) in [4.78, 5) is 28.0. The molecular weight excluding hydrogens is 378 g/mol. The van der Waals surface area contributed by atoms with E-state index in [1.165, 1.54) is 6.07 Å².